The van der Waals surface area contributed by atoms with Crippen LogP contribution in [0.2, 0.25) is 0 Å². The predicted molar refractivity (Wildman–Crippen MR) is 448 cm³/mol. The number of nitrogens with one attached hydrogen (secondary N) is 10. The number of hydrogen-bond acceptors (Lipinski definition) is 26. The molecule has 2 aromatic heterocycles. The third kappa shape index (κ3) is 37.6. The van der Waals surface area contributed by atoms with E-state index in [0.717, 1.165) is 52.3 Å². The lowest BCUT2D eigenvalue weighted by Gasteiger charge is -2.39. The molecule has 122 heavy (non-hydrogen) atoms. The van der Waals surface area contributed by atoms with Crippen molar-refractivity contribution >= 4 is 128 Å². The number of benzene rings is 2. The summed E-state index contributed by atoms with van der Waals surface area (Å²) in [7, 11) is 3.97. The number of likely N-dealkylation sites (tertiary alicyclic amines) is 1. The van der Waals surface area contributed by atoms with Crippen molar-refractivity contribution in [2.75, 3.05) is 51.5 Å². The van der Waals surface area contributed by atoms with Crippen LogP contribution in [-0.2, 0) is 97.6 Å². The van der Waals surface area contributed by atoms with Gasteiger partial charge in [0.2, 0.25) is 23.6 Å². The Hall–Kier alpha value is -10.9. The highest BCUT2D eigenvalue weighted by molar-refractivity contribution is 8.76. The summed E-state index contributed by atoms with van der Waals surface area (Å²) in [5, 5.41) is 67.8. The van der Waals surface area contributed by atoms with Gasteiger partial charge in [0.15, 0.2) is 24.4 Å². The van der Waals surface area contributed by atoms with Gasteiger partial charge in [-0.25, -0.2) is 39.4 Å². The number of imidazole rings is 1. The zero-order valence-corrected chi connectivity index (χ0v) is 72.3. The molecule has 0 saturated carbocycles. The molecule has 1 unspecified atom stereocenters. The molecule has 1 fully saturated rings. The number of ether oxygens (including phenoxy) is 3. The first kappa shape index (κ1) is 102. The quantitative estimate of drug-likeness (QED) is 0.00559. The number of H-pyrrole nitrogens is 1. The number of carboxylic acids is 4. The molecule has 0 bridgehead atoms. The minimum atomic E-state index is -1.62. The number of Topliss-reactive ketones (excluding diaryl/α,β-unsaturated/α-hetero) is 2. The summed E-state index contributed by atoms with van der Waals surface area (Å²) in [4.78, 5) is 223. The standard InChI is InChI=1S/C81H116N14O24S3/c1-9-16-71(105)118-46-95(76(109)58(48(5)10-2)38-66(99)63-18-12-14-30-94(63)8)64(47(3)4)40-67(119-50(7)96)75-90-61(43-120-75)74(108)87-55(34-51-24-26-57(97)27-25-51)33-49(6)72(106)92-93-81(116)117-31-32-121-122-44-62(78(112)113)89-73(107)54(36-56-42-82-45-86-56)37-65(98)60(39-70(103)104)88-68(100)35-52-20-22-53(23-21-52)41-85-79(114)83-28-13-11-17-59(77(110)111)91-80(115)84-29-15-19-69(101)102/h20-27,42-43,45,47-49,54-55,58-60,62-64,67,97H,9-19,28-41,44,46H2,1-8H3,(H,82,86)(H,87,108)(H,88,100)(H,89,107)(H,92,106)(H,93,116)(H,101,102)(H,103,104)(H,110,111)(H,112,113)(H2,83,85,114)(H2,84,91,115)/t48?,49-,54+,55+,58-,59-,60-,62-,63+,64+,67+/m0/s1. The first-order valence-electron chi connectivity index (χ1n) is 40.5. The lowest BCUT2D eigenvalue weighted by Crippen LogP contribution is -2.50. The molecule has 0 aliphatic carbocycles. The molecular formula is C81H116N14O24S3. The maximum Gasteiger partial charge on any atom is 0.426 e. The molecule has 41 heteroatoms. The number of piperidine rings is 1. The van der Waals surface area contributed by atoms with Crippen LogP contribution in [0.1, 0.15) is 195 Å². The molecule has 672 valence electrons. The number of aliphatic carboxylic acids is 4. The largest absolute Gasteiger partial charge is 0.508 e. The number of amides is 10. The maximum absolute atomic E-state index is 15.1. The van der Waals surface area contributed by atoms with E-state index in [4.69, 9.17) is 19.3 Å². The van der Waals surface area contributed by atoms with Gasteiger partial charge in [0.05, 0.1) is 42.9 Å². The number of carbonyl (C=O) groups is 16. The smallest absolute Gasteiger partial charge is 0.426 e. The van der Waals surface area contributed by atoms with Gasteiger partial charge in [-0.15, -0.1) is 11.3 Å². The summed E-state index contributed by atoms with van der Waals surface area (Å²) < 4.78 is 16.9. The maximum atomic E-state index is 15.1. The first-order chi connectivity index (χ1) is 58.0. The molecule has 11 atom stereocenters. The topological polar surface area (TPSA) is 558 Å². The fourth-order valence-electron chi connectivity index (χ4n) is 13.3. The van der Waals surface area contributed by atoms with Crippen molar-refractivity contribution in [1.82, 2.24) is 72.8 Å². The van der Waals surface area contributed by atoms with E-state index in [1.54, 1.807) is 43.3 Å². The summed E-state index contributed by atoms with van der Waals surface area (Å²) in [5.41, 5.74) is 6.46. The molecule has 4 aromatic rings. The van der Waals surface area contributed by atoms with Crippen molar-refractivity contribution < 1.29 is 116 Å². The van der Waals surface area contributed by atoms with Gasteiger partial charge in [0.1, 0.15) is 35.1 Å². The molecule has 1 aliphatic rings. The predicted octanol–water partition coefficient (Wildman–Crippen LogP) is 6.51. The van der Waals surface area contributed by atoms with Crippen LogP contribution in [0.3, 0.4) is 0 Å². The number of carboxylic acid groups (broad SMARTS) is 4. The normalized spacial score (nSPS) is 15.1. The number of phenolic OH excluding ortho intramolecular Hbond substituents is 1. The number of phenols is 1. The van der Waals surface area contributed by atoms with Gasteiger partial charge in [0, 0.05) is 112 Å². The van der Waals surface area contributed by atoms with E-state index in [2.05, 4.69) is 63.0 Å². The zero-order valence-electron chi connectivity index (χ0n) is 69.9. The van der Waals surface area contributed by atoms with E-state index in [-0.39, 0.29) is 148 Å². The highest BCUT2D eigenvalue weighted by Crippen LogP contribution is 2.35. The number of nitrogens with zero attached hydrogens (tertiary/aromatic N) is 4. The first-order valence-corrected chi connectivity index (χ1v) is 43.9. The van der Waals surface area contributed by atoms with Crippen LogP contribution in [0.25, 0.3) is 0 Å². The van der Waals surface area contributed by atoms with Gasteiger partial charge in [0.25, 0.3) is 5.91 Å². The van der Waals surface area contributed by atoms with E-state index >= 15 is 4.79 Å². The van der Waals surface area contributed by atoms with E-state index in [0.29, 0.717) is 54.5 Å². The fraction of sp³-hybridized carbons (Fsp3) is 0.580. The van der Waals surface area contributed by atoms with E-state index < -0.39 is 157 Å². The van der Waals surface area contributed by atoms with Crippen LogP contribution < -0.4 is 48.1 Å². The average molecular weight is 1770 g/mol. The van der Waals surface area contributed by atoms with Crippen LogP contribution in [0, 0.1) is 29.6 Å². The summed E-state index contributed by atoms with van der Waals surface area (Å²) >= 11 is 1.03. The number of carbonyl (C=O) groups excluding carboxylic acids is 12. The molecular weight excluding hydrogens is 1650 g/mol. The second-order valence-electron chi connectivity index (χ2n) is 30.2. The van der Waals surface area contributed by atoms with Gasteiger partial charge < -0.3 is 86.8 Å². The Morgan fingerprint density at radius 3 is 2.03 bits per heavy atom. The average Bonchev–Trinajstić information content (AvgIpc) is 1.12. The third-order valence-electron chi connectivity index (χ3n) is 20.2. The molecule has 38 nitrogen and oxygen atoms in total. The molecule has 10 amide bonds. The molecule has 1 saturated heterocycles. The molecule has 2 aromatic carbocycles. The zero-order chi connectivity index (χ0) is 90.0. The highest BCUT2D eigenvalue weighted by atomic mass is 33.1. The van der Waals surface area contributed by atoms with Crippen LogP contribution in [0.5, 0.6) is 5.75 Å². The Morgan fingerprint density at radius 2 is 1.39 bits per heavy atom. The van der Waals surface area contributed by atoms with Gasteiger partial charge in [-0.2, -0.15) is 0 Å². The molecule has 0 spiro atoms. The summed E-state index contributed by atoms with van der Waals surface area (Å²) in [6, 6.07) is 5.06. The minimum absolute atomic E-state index is 0.00990. The third-order valence-corrected chi connectivity index (χ3v) is 23.5. The lowest BCUT2D eigenvalue weighted by molar-refractivity contribution is -0.162. The number of aromatic amines is 1. The fourth-order valence-corrected chi connectivity index (χ4v) is 16.1. The van der Waals surface area contributed by atoms with Gasteiger partial charge in [-0.1, -0.05) is 112 Å². The van der Waals surface area contributed by atoms with Crippen molar-refractivity contribution in [2.24, 2.45) is 29.6 Å². The van der Waals surface area contributed by atoms with Gasteiger partial charge in [-0.05, 0) is 112 Å². The lowest BCUT2D eigenvalue weighted by atomic mass is 9.82. The molecule has 5 rings (SSSR count). The summed E-state index contributed by atoms with van der Waals surface area (Å²) in [6.07, 6.45) is 3.09. The number of esters is 2. The number of unbranched alkanes of at least 4 members (excludes halogenated alkanes) is 1. The number of hydrogen-bond donors (Lipinski definition) is 15. The van der Waals surface area contributed by atoms with Crippen LogP contribution in [0.4, 0.5) is 14.4 Å². The second-order valence-corrected chi connectivity index (χ2v) is 33.8. The molecule has 15 N–H and O–H groups in total. The Labute approximate surface area is 719 Å². The Bertz CT molecular complexity index is 4120. The monoisotopic (exact) mass is 1760 g/mol. The van der Waals surface area contributed by atoms with Crippen LogP contribution in [-0.4, -0.2) is 233 Å². The molecule has 1 aliphatic heterocycles. The van der Waals surface area contributed by atoms with Crippen molar-refractivity contribution in [2.45, 2.75) is 219 Å². The van der Waals surface area contributed by atoms with E-state index in [1.807, 2.05) is 46.6 Å². The van der Waals surface area contributed by atoms with Crippen molar-refractivity contribution in [3.8, 4) is 5.75 Å². The van der Waals surface area contributed by atoms with Crippen molar-refractivity contribution in [1.29, 1.82) is 0 Å². The SMILES string of the molecule is CCCC(=O)OCN(C(=O)[C@@H](CC(=O)[C@H]1CCCCN1C)C(C)CC)[C@H](C[C@@H](OC(C)=O)c1nc(C(=O)N[C@@H](Cc2ccc(O)cc2)C[C@H](C)C(=O)NNC(=O)OCCSSC[C@H](NC(=O)[C@@H](CC(=O)[C@H](CC(=O)O)NC(=O)Cc2ccc(CNC(=O)NCCCC[C@H](NC(=O)NCCCC(=O)O)C(=O)O)cc2)Cc2c[nH]cn2)C(=O)O)cs1)C(C)C. The Balaban J connectivity index is 1.11. The number of hydrazine groups is 1. The number of urea groups is 2. The van der Waals surface area contributed by atoms with E-state index in [9.17, 15) is 92.3 Å². The van der Waals surface area contributed by atoms with Crippen molar-refractivity contribution in [3.63, 3.8) is 0 Å². The van der Waals surface area contributed by atoms with Crippen LogP contribution >= 0.6 is 32.9 Å². The van der Waals surface area contributed by atoms with Crippen LogP contribution in [0.15, 0.2) is 66.4 Å². The number of ketones is 2. The van der Waals surface area contributed by atoms with Gasteiger partial charge in [-0.3, -0.25) is 63.1 Å². The number of aromatic nitrogens is 3. The van der Waals surface area contributed by atoms with Crippen molar-refractivity contribution in [3.05, 3.63) is 99.5 Å². The van der Waals surface area contributed by atoms with E-state index in [1.165, 1.54) is 41.9 Å². The molecule has 3 heterocycles. The summed E-state index contributed by atoms with van der Waals surface area (Å²) in [6.45, 7) is 12.5. The number of aromatic hydroxyl groups is 1. The Morgan fingerprint density at radius 1 is 0.705 bits per heavy atom. The highest BCUT2D eigenvalue weighted by Gasteiger charge is 2.41. The number of rotatable bonds is 55. The summed E-state index contributed by atoms with van der Waals surface area (Å²) in [5.74, 6) is -14.4. The number of likely N-dealkylation sites (N-methyl/N-ethyl adjacent to an activating group) is 1. The number of thiazole rings is 1. The second kappa shape index (κ2) is 53.7. The Kier molecular flexibility index (Phi) is 44.8. The minimum Gasteiger partial charge on any atom is -0.508 e. The molecule has 0 radical (unpaired) electrons. The van der Waals surface area contributed by atoms with Gasteiger partial charge >= 0.3 is 54.0 Å².